The van der Waals surface area contributed by atoms with Gasteiger partial charge in [0.15, 0.2) is 11.5 Å². The number of nitrogens with zero attached hydrogens (tertiary/aromatic N) is 1. The Morgan fingerprint density at radius 2 is 1.85 bits per heavy atom. The second kappa shape index (κ2) is 9.48. The van der Waals surface area contributed by atoms with Gasteiger partial charge in [-0.05, 0) is 30.5 Å². The molecule has 1 saturated carbocycles. The van der Waals surface area contributed by atoms with Crippen molar-refractivity contribution < 1.29 is 19.1 Å². The normalized spacial score (nSPS) is 16.5. The highest BCUT2D eigenvalue weighted by molar-refractivity contribution is 5.78. The largest absolute Gasteiger partial charge is 0.486 e. The fourth-order valence-corrected chi connectivity index (χ4v) is 3.50. The SMILES string of the molecule is CN(Cc1ccc2c(c1)OCCO2)C(=O)NCCC(=O)NC1CCCCC1. The molecule has 1 aliphatic heterocycles. The lowest BCUT2D eigenvalue weighted by molar-refractivity contribution is -0.121. The van der Waals surface area contributed by atoms with Crippen LogP contribution in [-0.4, -0.2) is 49.7 Å². The topological polar surface area (TPSA) is 79.9 Å². The number of carbonyl (C=O) groups excluding carboxylic acids is 2. The summed E-state index contributed by atoms with van der Waals surface area (Å²) in [6.45, 7) is 1.89. The molecule has 3 rings (SSSR count). The van der Waals surface area contributed by atoms with Gasteiger partial charge >= 0.3 is 6.03 Å². The molecule has 0 unspecified atom stereocenters. The van der Waals surface area contributed by atoms with Crippen molar-refractivity contribution in [1.82, 2.24) is 15.5 Å². The molecule has 1 fully saturated rings. The molecule has 7 nitrogen and oxygen atoms in total. The summed E-state index contributed by atoms with van der Waals surface area (Å²) in [4.78, 5) is 25.8. The van der Waals surface area contributed by atoms with Crippen LogP contribution in [-0.2, 0) is 11.3 Å². The van der Waals surface area contributed by atoms with Crippen LogP contribution in [0, 0.1) is 0 Å². The first-order valence-electron chi connectivity index (χ1n) is 9.78. The van der Waals surface area contributed by atoms with E-state index in [0.29, 0.717) is 44.5 Å². The number of amides is 3. The second-order valence-electron chi connectivity index (χ2n) is 7.22. The maximum Gasteiger partial charge on any atom is 0.317 e. The van der Waals surface area contributed by atoms with Crippen LogP contribution in [0.4, 0.5) is 4.79 Å². The highest BCUT2D eigenvalue weighted by Gasteiger charge is 2.17. The summed E-state index contributed by atoms with van der Waals surface area (Å²) in [5, 5.41) is 5.86. The summed E-state index contributed by atoms with van der Waals surface area (Å²) in [7, 11) is 1.73. The summed E-state index contributed by atoms with van der Waals surface area (Å²) < 4.78 is 11.1. The zero-order chi connectivity index (χ0) is 19.1. The molecule has 0 bridgehead atoms. The van der Waals surface area contributed by atoms with Crippen LogP contribution < -0.4 is 20.1 Å². The van der Waals surface area contributed by atoms with Crippen molar-refractivity contribution in [3.63, 3.8) is 0 Å². The molecule has 0 saturated heterocycles. The van der Waals surface area contributed by atoms with E-state index in [1.807, 2.05) is 18.2 Å². The van der Waals surface area contributed by atoms with Gasteiger partial charge in [0.2, 0.25) is 5.91 Å². The Bertz CT molecular complexity index is 659. The lowest BCUT2D eigenvalue weighted by Gasteiger charge is -2.23. The van der Waals surface area contributed by atoms with Crippen molar-refractivity contribution in [3.05, 3.63) is 23.8 Å². The molecular weight excluding hydrogens is 346 g/mol. The van der Waals surface area contributed by atoms with E-state index in [1.54, 1.807) is 11.9 Å². The minimum atomic E-state index is -0.199. The van der Waals surface area contributed by atoms with Crippen molar-refractivity contribution >= 4 is 11.9 Å². The predicted octanol–water partition coefficient (Wildman–Crippen LogP) is 2.44. The number of ether oxygens (including phenoxy) is 2. The van der Waals surface area contributed by atoms with Crippen LogP contribution >= 0.6 is 0 Å². The van der Waals surface area contributed by atoms with Gasteiger partial charge in [-0.2, -0.15) is 0 Å². The first-order valence-corrected chi connectivity index (χ1v) is 9.78. The average molecular weight is 375 g/mol. The minimum absolute atomic E-state index is 0.0108. The molecule has 7 heteroatoms. The molecule has 0 spiro atoms. The van der Waals surface area contributed by atoms with Crippen LogP contribution in [0.3, 0.4) is 0 Å². The lowest BCUT2D eigenvalue weighted by atomic mass is 9.95. The monoisotopic (exact) mass is 375 g/mol. The van der Waals surface area contributed by atoms with Crippen LogP contribution in [0.2, 0.25) is 0 Å². The fraction of sp³-hybridized carbons (Fsp3) is 0.600. The Hall–Kier alpha value is -2.44. The van der Waals surface area contributed by atoms with Gasteiger partial charge in [0.1, 0.15) is 13.2 Å². The third kappa shape index (κ3) is 5.77. The molecule has 2 N–H and O–H groups in total. The van der Waals surface area contributed by atoms with E-state index < -0.39 is 0 Å². The van der Waals surface area contributed by atoms with Crippen LogP contribution in [0.25, 0.3) is 0 Å². The Labute approximate surface area is 160 Å². The van der Waals surface area contributed by atoms with E-state index in [9.17, 15) is 9.59 Å². The second-order valence-corrected chi connectivity index (χ2v) is 7.22. The number of rotatable bonds is 6. The number of benzene rings is 1. The molecule has 2 aliphatic rings. The minimum Gasteiger partial charge on any atom is -0.486 e. The van der Waals surface area contributed by atoms with Crippen LogP contribution in [0.15, 0.2) is 18.2 Å². The molecule has 0 aromatic heterocycles. The smallest absolute Gasteiger partial charge is 0.317 e. The lowest BCUT2D eigenvalue weighted by Crippen LogP contribution is -2.40. The number of fused-ring (bicyclic) bond motifs is 1. The molecule has 1 aliphatic carbocycles. The Kier molecular flexibility index (Phi) is 6.79. The first-order chi connectivity index (χ1) is 13.1. The molecular formula is C20H29N3O4. The summed E-state index contributed by atoms with van der Waals surface area (Å²) in [6, 6.07) is 5.80. The molecule has 1 aromatic rings. The van der Waals surface area contributed by atoms with Gasteiger partial charge in [0.05, 0.1) is 0 Å². The number of nitrogens with one attached hydrogen (secondary N) is 2. The van der Waals surface area contributed by atoms with Gasteiger partial charge in [-0.1, -0.05) is 25.3 Å². The Morgan fingerprint density at radius 3 is 2.63 bits per heavy atom. The molecule has 27 heavy (non-hydrogen) atoms. The van der Waals surface area contributed by atoms with E-state index in [4.69, 9.17) is 9.47 Å². The maximum absolute atomic E-state index is 12.2. The molecule has 0 atom stereocenters. The van der Waals surface area contributed by atoms with Gasteiger partial charge in [-0.3, -0.25) is 4.79 Å². The van der Waals surface area contributed by atoms with Gasteiger partial charge in [-0.15, -0.1) is 0 Å². The van der Waals surface area contributed by atoms with Crippen molar-refractivity contribution in [3.8, 4) is 11.5 Å². The summed E-state index contributed by atoms with van der Waals surface area (Å²) in [5.74, 6) is 1.46. The summed E-state index contributed by atoms with van der Waals surface area (Å²) in [6.07, 6.45) is 6.07. The molecule has 0 radical (unpaired) electrons. The number of hydrogen-bond donors (Lipinski definition) is 2. The van der Waals surface area contributed by atoms with E-state index in [-0.39, 0.29) is 11.9 Å². The third-order valence-electron chi connectivity index (χ3n) is 4.97. The van der Waals surface area contributed by atoms with Crippen molar-refractivity contribution in [2.75, 3.05) is 26.8 Å². The van der Waals surface area contributed by atoms with E-state index >= 15 is 0 Å². The Balaban J connectivity index is 1.38. The summed E-state index contributed by atoms with van der Waals surface area (Å²) >= 11 is 0. The van der Waals surface area contributed by atoms with E-state index in [1.165, 1.54) is 19.3 Å². The van der Waals surface area contributed by atoms with E-state index in [2.05, 4.69) is 10.6 Å². The molecule has 148 valence electrons. The van der Waals surface area contributed by atoms with Gasteiger partial charge in [-0.25, -0.2) is 4.79 Å². The first kappa shape index (κ1) is 19.3. The number of hydrogen-bond acceptors (Lipinski definition) is 4. The maximum atomic E-state index is 12.2. The van der Waals surface area contributed by atoms with Gasteiger partial charge < -0.3 is 25.0 Å². The van der Waals surface area contributed by atoms with Crippen molar-refractivity contribution in [2.24, 2.45) is 0 Å². The molecule has 3 amide bonds. The van der Waals surface area contributed by atoms with Crippen LogP contribution in [0.5, 0.6) is 11.5 Å². The van der Waals surface area contributed by atoms with Crippen LogP contribution in [0.1, 0.15) is 44.1 Å². The van der Waals surface area contributed by atoms with Gasteiger partial charge in [0, 0.05) is 32.6 Å². The molecule has 1 heterocycles. The number of carbonyl (C=O) groups is 2. The predicted molar refractivity (Wildman–Crippen MR) is 102 cm³/mol. The fourth-order valence-electron chi connectivity index (χ4n) is 3.50. The average Bonchev–Trinajstić information content (AvgIpc) is 2.68. The zero-order valence-corrected chi connectivity index (χ0v) is 16.0. The molecule has 1 aromatic carbocycles. The highest BCUT2D eigenvalue weighted by Crippen LogP contribution is 2.31. The highest BCUT2D eigenvalue weighted by atomic mass is 16.6. The third-order valence-corrected chi connectivity index (χ3v) is 4.97. The quantitative estimate of drug-likeness (QED) is 0.800. The van der Waals surface area contributed by atoms with Gasteiger partial charge in [0.25, 0.3) is 0 Å². The van der Waals surface area contributed by atoms with Crippen molar-refractivity contribution in [1.29, 1.82) is 0 Å². The zero-order valence-electron chi connectivity index (χ0n) is 16.0. The Morgan fingerprint density at radius 1 is 1.11 bits per heavy atom. The van der Waals surface area contributed by atoms with E-state index in [0.717, 1.165) is 24.2 Å². The standard InChI is InChI=1S/C20H29N3O4/c1-23(14-15-7-8-17-18(13-15)27-12-11-26-17)20(25)21-10-9-19(24)22-16-5-3-2-4-6-16/h7-8,13,16H,2-6,9-12,14H2,1H3,(H,21,25)(H,22,24). The van der Waals surface area contributed by atoms with Crippen molar-refractivity contribution in [2.45, 2.75) is 51.1 Å². The number of urea groups is 1. The summed E-state index contributed by atoms with van der Waals surface area (Å²) in [5.41, 5.74) is 0.965.